The molecule has 6 heteroatoms. The van der Waals surface area contributed by atoms with Crippen LogP contribution in [0.4, 0.5) is 0 Å². The molecule has 2 aliphatic rings. The Kier molecular flexibility index (Phi) is 4.86. The lowest BCUT2D eigenvalue weighted by molar-refractivity contribution is -0.0770. The van der Waals surface area contributed by atoms with Gasteiger partial charge in [0.25, 0.3) is 0 Å². The van der Waals surface area contributed by atoms with Crippen LogP contribution in [-0.2, 0) is 10.3 Å². The van der Waals surface area contributed by atoms with Gasteiger partial charge in [-0.05, 0) is 39.2 Å². The molecule has 0 bridgehead atoms. The standard InChI is InChI=1S/C15H25N3O2S/c1-3-7-16-12-10-21-9-11(12)13-17-14(18-20-13)15(2)6-4-5-8-19-15/h11-12,16H,3-10H2,1-2H3. The van der Waals surface area contributed by atoms with Gasteiger partial charge >= 0.3 is 0 Å². The first-order valence-electron chi connectivity index (χ1n) is 8.02. The summed E-state index contributed by atoms with van der Waals surface area (Å²) in [7, 11) is 0. The molecule has 0 saturated carbocycles. The molecule has 0 aliphatic carbocycles. The summed E-state index contributed by atoms with van der Waals surface area (Å²) in [6.45, 7) is 6.11. The maximum atomic E-state index is 5.91. The van der Waals surface area contributed by atoms with Crippen LogP contribution < -0.4 is 5.32 Å². The summed E-state index contributed by atoms with van der Waals surface area (Å²) in [4.78, 5) is 4.69. The van der Waals surface area contributed by atoms with E-state index in [1.165, 1.54) is 6.42 Å². The molecule has 3 rings (SSSR count). The number of thioether (sulfide) groups is 1. The summed E-state index contributed by atoms with van der Waals surface area (Å²) in [5, 5.41) is 7.82. The zero-order valence-electron chi connectivity index (χ0n) is 12.9. The van der Waals surface area contributed by atoms with Crippen molar-refractivity contribution in [3.8, 4) is 0 Å². The fourth-order valence-corrected chi connectivity index (χ4v) is 4.41. The van der Waals surface area contributed by atoms with Crippen LogP contribution in [0.5, 0.6) is 0 Å². The lowest BCUT2D eigenvalue weighted by atomic mass is 9.95. The third-order valence-electron chi connectivity index (χ3n) is 4.44. The van der Waals surface area contributed by atoms with E-state index in [1.807, 2.05) is 11.8 Å². The van der Waals surface area contributed by atoms with Crippen LogP contribution in [0.1, 0.15) is 57.2 Å². The summed E-state index contributed by atoms with van der Waals surface area (Å²) in [5.41, 5.74) is -0.363. The lowest BCUT2D eigenvalue weighted by Crippen LogP contribution is -2.35. The predicted octanol–water partition coefficient (Wildman–Crippen LogP) is 2.68. The molecular weight excluding hydrogens is 286 g/mol. The summed E-state index contributed by atoms with van der Waals surface area (Å²) in [6, 6.07) is 0.448. The zero-order valence-corrected chi connectivity index (χ0v) is 13.7. The van der Waals surface area contributed by atoms with Crippen molar-refractivity contribution in [2.75, 3.05) is 24.7 Å². The summed E-state index contributed by atoms with van der Waals surface area (Å²) in [5.74, 6) is 4.01. The molecular formula is C15H25N3O2S. The van der Waals surface area contributed by atoms with E-state index in [2.05, 4.69) is 29.3 Å². The minimum Gasteiger partial charge on any atom is -0.367 e. The van der Waals surface area contributed by atoms with Gasteiger partial charge in [-0.1, -0.05) is 12.1 Å². The molecule has 0 aromatic carbocycles. The minimum absolute atomic E-state index is 0.329. The van der Waals surface area contributed by atoms with Gasteiger partial charge in [0.05, 0.1) is 5.92 Å². The van der Waals surface area contributed by atoms with Gasteiger partial charge in [0.1, 0.15) is 5.60 Å². The molecule has 118 valence electrons. The third kappa shape index (κ3) is 3.27. The third-order valence-corrected chi connectivity index (χ3v) is 5.63. The van der Waals surface area contributed by atoms with Crippen molar-refractivity contribution in [3.05, 3.63) is 11.7 Å². The van der Waals surface area contributed by atoms with Gasteiger partial charge < -0.3 is 14.6 Å². The van der Waals surface area contributed by atoms with Gasteiger partial charge in [-0.2, -0.15) is 16.7 Å². The molecule has 0 radical (unpaired) electrons. The molecule has 2 aliphatic heterocycles. The fraction of sp³-hybridized carbons (Fsp3) is 0.867. The van der Waals surface area contributed by atoms with E-state index in [0.717, 1.165) is 55.6 Å². The quantitative estimate of drug-likeness (QED) is 0.902. The minimum atomic E-state index is -0.363. The van der Waals surface area contributed by atoms with E-state index in [1.54, 1.807) is 0 Å². The predicted molar refractivity (Wildman–Crippen MR) is 83.6 cm³/mol. The Morgan fingerprint density at radius 2 is 2.29 bits per heavy atom. The van der Waals surface area contributed by atoms with E-state index >= 15 is 0 Å². The molecule has 3 unspecified atom stereocenters. The molecule has 1 aromatic heterocycles. The van der Waals surface area contributed by atoms with Crippen molar-refractivity contribution in [1.29, 1.82) is 0 Å². The highest BCUT2D eigenvalue weighted by molar-refractivity contribution is 7.99. The van der Waals surface area contributed by atoms with Gasteiger partial charge in [-0.3, -0.25) is 0 Å². The SMILES string of the molecule is CCCNC1CSCC1c1nc(C2(C)CCCCO2)no1. The van der Waals surface area contributed by atoms with Gasteiger partial charge in [0.2, 0.25) is 11.7 Å². The van der Waals surface area contributed by atoms with Crippen molar-refractivity contribution < 1.29 is 9.26 Å². The average Bonchev–Trinajstić information content (AvgIpc) is 3.14. The van der Waals surface area contributed by atoms with Gasteiger partial charge in [-0.15, -0.1) is 0 Å². The number of nitrogens with zero attached hydrogens (tertiary/aromatic N) is 2. The summed E-state index contributed by atoms with van der Waals surface area (Å²) < 4.78 is 11.5. The van der Waals surface area contributed by atoms with Crippen molar-refractivity contribution in [2.45, 2.75) is 57.1 Å². The smallest absolute Gasteiger partial charge is 0.232 e. The van der Waals surface area contributed by atoms with Crippen LogP contribution in [0, 0.1) is 0 Å². The zero-order chi connectivity index (χ0) is 14.7. The van der Waals surface area contributed by atoms with E-state index in [0.29, 0.717) is 12.0 Å². The van der Waals surface area contributed by atoms with Crippen molar-refractivity contribution in [2.24, 2.45) is 0 Å². The molecule has 2 saturated heterocycles. The number of ether oxygens (including phenoxy) is 1. The highest BCUT2D eigenvalue weighted by Gasteiger charge is 2.38. The molecule has 1 N–H and O–H groups in total. The van der Waals surface area contributed by atoms with E-state index < -0.39 is 0 Å². The molecule has 2 fully saturated rings. The Morgan fingerprint density at radius 1 is 1.38 bits per heavy atom. The van der Waals surface area contributed by atoms with Crippen LogP contribution >= 0.6 is 11.8 Å². The van der Waals surface area contributed by atoms with E-state index in [-0.39, 0.29) is 5.60 Å². The Labute approximate surface area is 130 Å². The van der Waals surface area contributed by atoms with E-state index in [4.69, 9.17) is 9.26 Å². The lowest BCUT2D eigenvalue weighted by Gasteiger charge is -2.30. The van der Waals surface area contributed by atoms with Crippen molar-refractivity contribution in [3.63, 3.8) is 0 Å². The van der Waals surface area contributed by atoms with E-state index in [9.17, 15) is 0 Å². The van der Waals surface area contributed by atoms with Crippen LogP contribution in [0.15, 0.2) is 4.52 Å². The summed E-state index contributed by atoms with van der Waals surface area (Å²) >= 11 is 1.96. The molecule has 5 nitrogen and oxygen atoms in total. The van der Waals surface area contributed by atoms with Crippen molar-refractivity contribution >= 4 is 11.8 Å². The second kappa shape index (κ2) is 6.67. The van der Waals surface area contributed by atoms with Crippen LogP contribution in [-0.4, -0.2) is 40.8 Å². The monoisotopic (exact) mass is 311 g/mol. The maximum absolute atomic E-state index is 5.91. The number of hydrogen-bond donors (Lipinski definition) is 1. The second-order valence-corrected chi connectivity index (χ2v) is 7.27. The van der Waals surface area contributed by atoms with Gasteiger partial charge in [0.15, 0.2) is 0 Å². The maximum Gasteiger partial charge on any atom is 0.232 e. The summed E-state index contributed by atoms with van der Waals surface area (Å²) in [6.07, 6.45) is 4.42. The molecule has 21 heavy (non-hydrogen) atoms. The number of hydrogen-bond acceptors (Lipinski definition) is 6. The first-order chi connectivity index (χ1) is 10.2. The van der Waals surface area contributed by atoms with Gasteiger partial charge in [0, 0.05) is 24.2 Å². The molecule has 3 heterocycles. The Balaban J connectivity index is 1.72. The molecule has 0 spiro atoms. The number of nitrogens with one attached hydrogen (secondary N) is 1. The molecule has 0 amide bonds. The van der Waals surface area contributed by atoms with Crippen LogP contribution in [0.3, 0.4) is 0 Å². The topological polar surface area (TPSA) is 60.2 Å². The largest absolute Gasteiger partial charge is 0.367 e. The molecule has 3 atom stereocenters. The Morgan fingerprint density at radius 3 is 3.05 bits per heavy atom. The normalized spacial score (nSPS) is 33.4. The van der Waals surface area contributed by atoms with Crippen molar-refractivity contribution in [1.82, 2.24) is 15.5 Å². The van der Waals surface area contributed by atoms with Crippen LogP contribution in [0.2, 0.25) is 0 Å². The fourth-order valence-electron chi connectivity index (χ4n) is 3.04. The highest BCUT2D eigenvalue weighted by atomic mass is 32.2. The number of rotatable bonds is 5. The van der Waals surface area contributed by atoms with Gasteiger partial charge in [-0.25, -0.2) is 0 Å². The average molecular weight is 311 g/mol. The second-order valence-electron chi connectivity index (χ2n) is 6.20. The van der Waals surface area contributed by atoms with Crippen LogP contribution in [0.25, 0.3) is 0 Å². The molecule has 1 aromatic rings. The highest BCUT2D eigenvalue weighted by Crippen LogP contribution is 2.36. The first-order valence-corrected chi connectivity index (χ1v) is 9.17. The first kappa shape index (κ1) is 15.3. The Hall–Kier alpha value is -0.590. The Bertz CT molecular complexity index is 460. The number of aromatic nitrogens is 2.